The molecule has 0 spiro atoms. The highest BCUT2D eigenvalue weighted by atomic mass is 16.5. The van der Waals surface area contributed by atoms with Crippen LogP contribution in [0.2, 0.25) is 0 Å². The highest BCUT2D eigenvalue weighted by Gasteiger charge is 2.15. The molecule has 0 atom stereocenters. The molecule has 0 saturated carbocycles. The van der Waals surface area contributed by atoms with Gasteiger partial charge in [-0.05, 0) is 47.2 Å². The van der Waals surface area contributed by atoms with Gasteiger partial charge in [0.1, 0.15) is 11.5 Å². The summed E-state index contributed by atoms with van der Waals surface area (Å²) in [6.07, 6.45) is 0. The SMILES string of the molecule is CC(C)c1cccc(C(C)C)c1Oc1ccc(N)cc1. The van der Waals surface area contributed by atoms with E-state index in [1.54, 1.807) is 0 Å². The molecule has 0 saturated heterocycles. The quantitative estimate of drug-likeness (QED) is 0.763. The van der Waals surface area contributed by atoms with E-state index in [1.165, 1.54) is 11.1 Å². The Bertz CT molecular complexity index is 544. The topological polar surface area (TPSA) is 35.2 Å². The van der Waals surface area contributed by atoms with Crippen molar-refractivity contribution in [2.75, 3.05) is 5.73 Å². The molecule has 0 bridgehead atoms. The van der Waals surface area contributed by atoms with E-state index in [9.17, 15) is 0 Å². The molecule has 2 aromatic carbocycles. The fraction of sp³-hybridized carbons (Fsp3) is 0.333. The lowest BCUT2D eigenvalue weighted by atomic mass is 9.94. The first kappa shape index (κ1) is 14.4. The predicted octanol–water partition coefficient (Wildman–Crippen LogP) is 5.31. The van der Waals surface area contributed by atoms with E-state index in [0.717, 1.165) is 17.2 Å². The van der Waals surface area contributed by atoms with E-state index in [-0.39, 0.29) is 0 Å². The van der Waals surface area contributed by atoms with Crippen LogP contribution in [-0.2, 0) is 0 Å². The van der Waals surface area contributed by atoms with Gasteiger partial charge in [0.15, 0.2) is 0 Å². The van der Waals surface area contributed by atoms with Crippen molar-refractivity contribution in [1.29, 1.82) is 0 Å². The Hall–Kier alpha value is -1.96. The Balaban J connectivity index is 2.44. The van der Waals surface area contributed by atoms with Crippen molar-refractivity contribution < 1.29 is 4.74 Å². The van der Waals surface area contributed by atoms with Gasteiger partial charge in [0.25, 0.3) is 0 Å². The molecule has 2 rings (SSSR count). The Morgan fingerprint density at radius 3 is 1.75 bits per heavy atom. The third kappa shape index (κ3) is 3.13. The largest absolute Gasteiger partial charge is 0.457 e. The van der Waals surface area contributed by atoms with Crippen LogP contribution in [-0.4, -0.2) is 0 Å². The van der Waals surface area contributed by atoms with Gasteiger partial charge in [-0.1, -0.05) is 45.9 Å². The zero-order chi connectivity index (χ0) is 14.7. The first-order valence-corrected chi connectivity index (χ1v) is 7.15. The second-order valence-corrected chi connectivity index (χ2v) is 5.75. The highest BCUT2D eigenvalue weighted by molar-refractivity contribution is 5.49. The van der Waals surface area contributed by atoms with Crippen LogP contribution in [0.5, 0.6) is 11.5 Å². The van der Waals surface area contributed by atoms with Crippen LogP contribution in [0.4, 0.5) is 5.69 Å². The van der Waals surface area contributed by atoms with Crippen LogP contribution in [0, 0.1) is 0 Å². The van der Waals surface area contributed by atoms with Crippen LogP contribution in [0.1, 0.15) is 50.7 Å². The van der Waals surface area contributed by atoms with Gasteiger partial charge in [-0.3, -0.25) is 0 Å². The van der Waals surface area contributed by atoms with E-state index in [4.69, 9.17) is 10.5 Å². The van der Waals surface area contributed by atoms with Gasteiger partial charge in [0.2, 0.25) is 0 Å². The van der Waals surface area contributed by atoms with Crippen molar-refractivity contribution >= 4 is 5.69 Å². The minimum Gasteiger partial charge on any atom is -0.457 e. The summed E-state index contributed by atoms with van der Waals surface area (Å²) in [4.78, 5) is 0. The van der Waals surface area contributed by atoms with Gasteiger partial charge >= 0.3 is 0 Å². The molecule has 2 nitrogen and oxygen atoms in total. The van der Waals surface area contributed by atoms with Gasteiger partial charge in [-0.2, -0.15) is 0 Å². The van der Waals surface area contributed by atoms with E-state index >= 15 is 0 Å². The number of para-hydroxylation sites is 1. The number of benzene rings is 2. The molecule has 0 heterocycles. The molecule has 0 amide bonds. The number of anilines is 1. The molecule has 0 aliphatic rings. The van der Waals surface area contributed by atoms with Crippen LogP contribution in [0.15, 0.2) is 42.5 Å². The standard InChI is InChI=1S/C18H23NO/c1-12(2)16-6-5-7-17(13(3)4)18(16)20-15-10-8-14(19)9-11-15/h5-13H,19H2,1-4H3. The summed E-state index contributed by atoms with van der Waals surface area (Å²) in [7, 11) is 0. The van der Waals surface area contributed by atoms with Crippen molar-refractivity contribution in [3.63, 3.8) is 0 Å². The summed E-state index contributed by atoms with van der Waals surface area (Å²) < 4.78 is 6.16. The number of nitrogens with two attached hydrogens (primary N) is 1. The smallest absolute Gasteiger partial charge is 0.134 e. The van der Waals surface area contributed by atoms with Crippen LogP contribution in [0.3, 0.4) is 0 Å². The summed E-state index contributed by atoms with van der Waals surface area (Å²) in [6.45, 7) is 8.76. The Morgan fingerprint density at radius 1 is 0.800 bits per heavy atom. The fourth-order valence-electron chi connectivity index (χ4n) is 2.25. The molecule has 0 aliphatic carbocycles. The van der Waals surface area contributed by atoms with Gasteiger partial charge in [-0.25, -0.2) is 0 Å². The average molecular weight is 269 g/mol. The molecule has 0 aromatic heterocycles. The monoisotopic (exact) mass is 269 g/mol. The molecule has 0 fully saturated rings. The van der Waals surface area contributed by atoms with E-state index in [0.29, 0.717) is 11.8 Å². The Kier molecular flexibility index (Phi) is 4.33. The third-order valence-corrected chi connectivity index (χ3v) is 3.42. The number of rotatable bonds is 4. The van der Waals surface area contributed by atoms with Crippen molar-refractivity contribution in [3.8, 4) is 11.5 Å². The predicted molar refractivity (Wildman–Crippen MR) is 85.5 cm³/mol. The molecule has 2 N–H and O–H groups in total. The van der Waals surface area contributed by atoms with E-state index < -0.39 is 0 Å². The average Bonchev–Trinajstić information content (AvgIpc) is 2.41. The number of hydrogen-bond donors (Lipinski definition) is 1. The molecule has 2 aromatic rings. The second kappa shape index (κ2) is 6.00. The van der Waals surface area contributed by atoms with Gasteiger partial charge in [0.05, 0.1) is 0 Å². The normalized spacial score (nSPS) is 11.1. The maximum absolute atomic E-state index is 6.16. The van der Waals surface area contributed by atoms with E-state index in [1.807, 2.05) is 24.3 Å². The lowest BCUT2D eigenvalue weighted by Gasteiger charge is -2.19. The van der Waals surface area contributed by atoms with Crippen molar-refractivity contribution in [3.05, 3.63) is 53.6 Å². The summed E-state index contributed by atoms with van der Waals surface area (Å²) in [5.74, 6) is 2.67. The molecule has 20 heavy (non-hydrogen) atoms. The highest BCUT2D eigenvalue weighted by Crippen LogP contribution is 2.37. The maximum atomic E-state index is 6.16. The second-order valence-electron chi connectivity index (χ2n) is 5.75. The molecule has 106 valence electrons. The Morgan fingerprint density at radius 2 is 1.30 bits per heavy atom. The maximum Gasteiger partial charge on any atom is 0.134 e. The summed E-state index contributed by atoms with van der Waals surface area (Å²) in [5, 5.41) is 0. The third-order valence-electron chi connectivity index (χ3n) is 3.42. The molecular weight excluding hydrogens is 246 g/mol. The zero-order valence-corrected chi connectivity index (χ0v) is 12.7. The van der Waals surface area contributed by atoms with Crippen LogP contribution >= 0.6 is 0 Å². The first-order chi connectivity index (χ1) is 9.49. The molecule has 0 radical (unpaired) electrons. The van der Waals surface area contributed by atoms with Crippen molar-refractivity contribution in [1.82, 2.24) is 0 Å². The number of nitrogen functional groups attached to an aromatic ring is 1. The summed E-state index contributed by atoms with van der Waals surface area (Å²) >= 11 is 0. The van der Waals surface area contributed by atoms with Gasteiger partial charge < -0.3 is 10.5 Å². The Labute approximate surface area is 121 Å². The molecule has 2 heteroatoms. The van der Waals surface area contributed by atoms with Crippen LogP contribution in [0.25, 0.3) is 0 Å². The summed E-state index contributed by atoms with van der Waals surface area (Å²) in [5.41, 5.74) is 8.96. The number of ether oxygens (including phenoxy) is 1. The lowest BCUT2D eigenvalue weighted by molar-refractivity contribution is 0.463. The minimum atomic E-state index is 0.428. The van der Waals surface area contributed by atoms with Crippen molar-refractivity contribution in [2.45, 2.75) is 39.5 Å². The van der Waals surface area contributed by atoms with Crippen molar-refractivity contribution in [2.24, 2.45) is 0 Å². The molecule has 0 unspecified atom stereocenters. The zero-order valence-electron chi connectivity index (χ0n) is 12.7. The van der Waals surface area contributed by atoms with Gasteiger partial charge in [-0.15, -0.1) is 0 Å². The minimum absolute atomic E-state index is 0.428. The van der Waals surface area contributed by atoms with Crippen LogP contribution < -0.4 is 10.5 Å². The molecular formula is C18H23NO. The lowest BCUT2D eigenvalue weighted by Crippen LogP contribution is -2.00. The number of hydrogen-bond acceptors (Lipinski definition) is 2. The first-order valence-electron chi connectivity index (χ1n) is 7.15. The van der Waals surface area contributed by atoms with E-state index in [2.05, 4.69) is 45.9 Å². The molecule has 0 aliphatic heterocycles. The van der Waals surface area contributed by atoms with Gasteiger partial charge in [0, 0.05) is 5.69 Å². The summed E-state index contributed by atoms with van der Waals surface area (Å²) in [6, 6.07) is 13.9. The fourth-order valence-corrected chi connectivity index (χ4v) is 2.25.